The molecule has 0 unspecified atom stereocenters. The lowest BCUT2D eigenvalue weighted by atomic mass is 10.1. The Hall–Kier alpha value is -3.41. The summed E-state index contributed by atoms with van der Waals surface area (Å²) in [7, 11) is 1.75. The minimum Gasteiger partial charge on any atom is -0.342 e. The molecular formula is C21H22N4O2. The molecular weight excluding hydrogens is 340 g/mol. The Kier molecular flexibility index (Phi) is 5.66. The first kappa shape index (κ1) is 18.4. The predicted octanol–water partition coefficient (Wildman–Crippen LogP) is 3.03. The molecule has 6 heteroatoms. The Morgan fingerprint density at radius 3 is 2.59 bits per heavy atom. The Morgan fingerprint density at radius 1 is 1.07 bits per heavy atom. The zero-order chi connectivity index (χ0) is 19.2. The zero-order valence-electron chi connectivity index (χ0n) is 15.4. The first-order valence-electron chi connectivity index (χ1n) is 8.71. The second-order valence-electron chi connectivity index (χ2n) is 6.43. The van der Waals surface area contributed by atoms with Gasteiger partial charge in [0.25, 0.3) is 0 Å². The minimum atomic E-state index is -0.111. The topological polar surface area (TPSA) is 67.2 Å². The fraction of sp³-hybridized carbons (Fsp3) is 0.190. The third-order valence-electron chi connectivity index (χ3n) is 4.19. The van der Waals surface area contributed by atoms with Gasteiger partial charge in [-0.25, -0.2) is 4.68 Å². The number of hydrogen-bond donors (Lipinski definition) is 1. The van der Waals surface area contributed by atoms with Crippen molar-refractivity contribution < 1.29 is 9.59 Å². The van der Waals surface area contributed by atoms with Gasteiger partial charge in [-0.15, -0.1) is 0 Å². The number of nitrogens with one attached hydrogen (secondary N) is 1. The minimum absolute atomic E-state index is 0.000123. The molecule has 0 bridgehead atoms. The number of carbonyl (C=O) groups is 2. The molecule has 27 heavy (non-hydrogen) atoms. The van der Waals surface area contributed by atoms with E-state index in [1.54, 1.807) is 22.8 Å². The van der Waals surface area contributed by atoms with Gasteiger partial charge in [-0.3, -0.25) is 9.59 Å². The Bertz CT molecular complexity index is 934. The van der Waals surface area contributed by atoms with Crippen molar-refractivity contribution >= 4 is 17.5 Å². The van der Waals surface area contributed by atoms with E-state index >= 15 is 0 Å². The molecule has 0 aliphatic carbocycles. The van der Waals surface area contributed by atoms with Gasteiger partial charge in [0.05, 0.1) is 18.3 Å². The van der Waals surface area contributed by atoms with Crippen molar-refractivity contribution in [1.29, 1.82) is 0 Å². The summed E-state index contributed by atoms with van der Waals surface area (Å²) in [4.78, 5) is 25.3. The lowest BCUT2D eigenvalue weighted by Crippen LogP contribution is -2.23. The highest BCUT2D eigenvalue weighted by molar-refractivity contribution is 5.92. The van der Waals surface area contributed by atoms with Crippen molar-refractivity contribution in [2.24, 2.45) is 0 Å². The van der Waals surface area contributed by atoms with Gasteiger partial charge in [-0.1, -0.05) is 30.3 Å². The van der Waals surface area contributed by atoms with Crippen LogP contribution >= 0.6 is 0 Å². The highest BCUT2D eigenvalue weighted by atomic mass is 16.2. The van der Waals surface area contributed by atoms with E-state index in [1.165, 1.54) is 6.92 Å². The van der Waals surface area contributed by atoms with Gasteiger partial charge in [0, 0.05) is 32.4 Å². The first-order valence-corrected chi connectivity index (χ1v) is 8.71. The van der Waals surface area contributed by atoms with Crippen LogP contribution in [0.25, 0.3) is 5.69 Å². The largest absolute Gasteiger partial charge is 0.342 e. The number of hydrogen-bond acceptors (Lipinski definition) is 3. The average Bonchev–Trinajstić information content (AvgIpc) is 3.11. The standard InChI is InChI=1S/C21H22N4O2/c1-16(26)24(2)14-17-7-6-8-19(11-17)23-21(27)12-18-13-22-25(15-18)20-9-4-3-5-10-20/h3-11,13,15H,12,14H2,1-2H3,(H,23,27). The summed E-state index contributed by atoms with van der Waals surface area (Å²) in [6.45, 7) is 2.03. The van der Waals surface area contributed by atoms with Crippen LogP contribution in [-0.2, 0) is 22.6 Å². The first-order chi connectivity index (χ1) is 13.0. The molecule has 0 aliphatic heterocycles. The number of para-hydroxylation sites is 1. The fourth-order valence-electron chi connectivity index (χ4n) is 2.70. The summed E-state index contributed by atoms with van der Waals surface area (Å²) in [5.74, 6) is -0.112. The van der Waals surface area contributed by atoms with Crippen LogP contribution in [0.2, 0.25) is 0 Å². The maximum absolute atomic E-state index is 12.4. The van der Waals surface area contributed by atoms with Crippen LogP contribution in [0.1, 0.15) is 18.1 Å². The van der Waals surface area contributed by atoms with Crippen molar-refractivity contribution in [2.75, 3.05) is 12.4 Å². The van der Waals surface area contributed by atoms with Crippen LogP contribution in [0.5, 0.6) is 0 Å². The maximum Gasteiger partial charge on any atom is 0.228 e. The maximum atomic E-state index is 12.4. The molecule has 2 amide bonds. The highest BCUT2D eigenvalue weighted by Crippen LogP contribution is 2.14. The molecule has 0 atom stereocenters. The average molecular weight is 362 g/mol. The molecule has 0 saturated carbocycles. The normalized spacial score (nSPS) is 10.4. The second kappa shape index (κ2) is 8.31. The lowest BCUT2D eigenvalue weighted by molar-refractivity contribution is -0.128. The van der Waals surface area contributed by atoms with Crippen LogP contribution in [0.15, 0.2) is 67.0 Å². The van der Waals surface area contributed by atoms with E-state index < -0.39 is 0 Å². The number of nitrogens with zero attached hydrogens (tertiary/aromatic N) is 3. The Morgan fingerprint density at radius 2 is 1.85 bits per heavy atom. The van der Waals surface area contributed by atoms with Crippen LogP contribution in [0, 0.1) is 0 Å². The summed E-state index contributed by atoms with van der Waals surface area (Å²) in [6, 6.07) is 17.3. The van der Waals surface area contributed by atoms with Crippen LogP contribution in [0.4, 0.5) is 5.69 Å². The van der Waals surface area contributed by atoms with Crippen LogP contribution in [-0.4, -0.2) is 33.5 Å². The van der Waals surface area contributed by atoms with Crippen molar-refractivity contribution in [3.63, 3.8) is 0 Å². The van der Waals surface area contributed by atoms with Gasteiger partial charge < -0.3 is 10.2 Å². The van der Waals surface area contributed by atoms with Crippen molar-refractivity contribution in [2.45, 2.75) is 19.9 Å². The van der Waals surface area contributed by atoms with Gasteiger partial charge in [0.2, 0.25) is 11.8 Å². The number of aromatic nitrogens is 2. The summed E-state index contributed by atoms with van der Waals surface area (Å²) in [6.07, 6.45) is 3.79. The zero-order valence-corrected chi connectivity index (χ0v) is 15.4. The molecule has 138 valence electrons. The molecule has 0 fully saturated rings. The molecule has 1 aromatic heterocycles. The molecule has 0 spiro atoms. The number of anilines is 1. The van der Waals surface area contributed by atoms with Crippen LogP contribution in [0.3, 0.4) is 0 Å². The summed E-state index contributed by atoms with van der Waals surface area (Å²) in [5.41, 5.74) is 3.46. The van der Waals surface area contributed by atoms with E-state index in [2.05, 4.69) is 10.4 Å². The summed E-state index contributed by atoms with van der Waals surface area (Å²) >= 11 is 0. The SMILES string of the molecule is CC(=O)N(C)Cc1cccc(NC(=O)Cc2cnn(-c3ccccc3)c2)c1. The van der Waals surface area contributed by atoms with Gasteiger partial charge in [0.1, 0.15) is 0 Å². The number of amides is 2. The molecule has 0 saturated heterocycles. The van der Waals surface area contributed by atoms with Gasteiger partial charge in [0.15, 0.2) is 0 Å². The van der Waals surface area contributed by atoms with Gasteiger partial charge in [-0.05, 0) is 35.4 Å². The molecule has 0 radical (unpaired) electrons. The molecule has 6 nitrogen and oxygen atoms in total. The molecule has 1 N–H and O–H groups in total. The number of benzene rings is 2. The molecule has 3 aromatic rings. The fourth-order valence-corrected chi connectivity index (χ4v) is 2.70. The Labute approximate surface area is 158 Å². The van der Waals surface area contributed by atoms with E-state index in [0.29, 0.717) is 12.2 Å². The highest BCUT2D eigenvalue weighted by Gasteiger charge is 2.09. The lowest BCUT2D eigenvalue weighted by Gasteiger charge is -2.15. The Balaban J connectivity index is 1.61. The predicted molar refractivity (Wildman–Crippen MR) is 104 cm³/mol. The van der Waals surface area contributed by atoms with E-state index in [4.69, 9.17) is 0 Å². The van der Waals surface area contributed by atoms with E-state index in [0.717, 1.165) is 16.8 Å². The van der Waals surface area contributed by atoms with Crippen LogP contribution < -0.4 is 5.32 Å². The number of carbonyl (C=O) groups excluding carboxylic acids is 2. The van der Waals surface area contributed by atoms with E-state index in [-0.39, 0.29) is 18.2 Å². The van der Waals surface area contributed by atoms with E-state index in [1.807, 2.05) is 60.8 Å². The molecule has 1 heterocycles. The molecule has 2 aromatic carbocycles. The van der Waals surface area contributed by atoms with Gasteiger partial charge in [-0.2, -0.15) is 5.10 Å². The monoisotopic (exact) mass is 362 g/mol. The summed E-state index contributed by atoms with van der Waals surface area (Å²) < 4.78 is 1.75. The third kappa shape index (κ3) is 5.04. The van der Waals surface area contributed by atoms with Crippen molar-refractivity contribution in [3.8, 4) is 5.69 Å². The second-order valence-corrected chi connectivity index (χ2v) is 6.43. The number of rotatable bonds is 6. The summed E-state index contributed by atoms with van der Waals surface area (Å²) in [5, 5.41) is 7.21. The van der Waals surface area contributed by atoms with E-state index in [9.17, 15) is 9.59 Å². The van der Waals surface area contributed by atoms with Gasteiger partial charge >= 0.3 is 0 Å². The van der Waals surface area contributed by atoms with Crippen molar-refractivity contribution in [3.05, 3.63) is 78.1 Å². The quantitative estimate of drug-likeness (QED) is 0.733. The van der Waals surface area contributed by atoms with Crippen molar-refractivity contribution in [1.82, 2.24) is 14.7 Å². The smallest absolute Gasteiger partial charge is 0.228 e. The molecule has 3 rings (SSSR count). The third-order valence-corrected chi connectivity index (χ3v) is 4.19. The molecule has 0 aliphatic rings.